The Labute approximate surface area is 187 Å². The average Bonchev–Trinajstić information content (AvgIpc) is 3.21. The Hall–Kier alpha value is -2.08. The molecule has 170 valence electrons. The van der Waals surface area contributed by atoms with Crippen LogP contribution in [0, 0.1) is 11.8 Å². The van der Waals surface area contributed by atoms with Crippen molar-refractivity contribution in [1.29, 1.82) is 0 Å². The van der Waals surface area contributed by atoms with Crippen LogP contribution >= 0.6 is 0 Å². The van der Waals surface area contributed by atoms with Crippen molar-refractivity contribution in [2.24, 2.45) is 16.8 Å². The zero-order chi connectivity index (χ0) is 21.5. The van der Waals surface area contributed by atoms with Gasteiger partial charge in [-0.25, -0.2) is 0 Å². The standard InChI is InChI=1S/C25H39N5O/c1-2-26-25(30-13-11-22(20-30)19-21-7-4-3-5-8-21)27-12-14-28-15-17-29(18-16-28)24(31)23-9-6-10-23/h3-5,7-8,22-23H,2,6,9-20H2,1H3,(H,26,27). The predicted molar refractivity (Wildman–Crippen MR) is 126 cm³/mol. The van der Waals surface area contributed by atoms with Gasteiger partial charge in [-0.1, -0.05) is 36.8 Å². The van der Waals surface area contributed by atoms with E-state index in [0.717, 1.165) is 84.1 Å². The molecule has 2 aliphatic heterocycles. The first-order valence-corrected chi connectivity index (χ1v) is 12.3. The fraction of sp³-hybridized carbons (Fsp3) is 0.680. The smallest absolute Gasteiger partial charge is 0.225 e. The summed E-state index contributed by atoms with van der Waals surface area (Å²) >= 11 is 0. The number of piperazine rings is 1. The number of rotatable bonds is 7. The molecule has 0 bridgehead atoms. The van der Waals surface area contributed by atoms with Crippen LogP contribution in [-0.4, -0.2) is 85.5 Å². The number of nitrogens with one attached hydrogen (secondary N) is 1. The highest BCUT2D eigenvalue weighted by Crippen LogP contribution is 2.28. The second-order valence-corrected chi connectivity index (χ2v) is 9.32. The zero-order valence-electron chi connectivity index (χ0n) is 19.1. The van der Waals surface area contributed by atoms with E-state index in [1.165, 1.54) is 18.4 Å². The molecule has 1 atom stereocenters. The van der Waals surface area contributed by atoms with E-state index in [1.807, 2.05) is 0 Å². The van der Waals surface area contributed by atoms with Crippen molar-refractivity contribution in [3.63, 3.8) is 0 Å². The second-order valence-electron chi connectivity index (χ2n) is 9.32. The van der Waals surface area contributed by atoms with Gasteiger partial charge in [-0.05, 0) is 44.1 Å². The largest absolute Gasteiger partial charge is 0.357 e. The minimum absolute atomic E-state index is 0.324. The van der Waals surface area contributed by atoms with Crippen molar-refractivity contribution < 1.29 is 4.79 Å². The van der Waals surface area contributed by atoms with Crippen LogP contribution in [0.5, 0.6) is 0 Å². The van der Waals surface area contributed by atoms with E-state index in [0.29, 0.717) is 17.7 Å². The molecule has 1 saturated carbocycles. The number of amides is 1. The molecule has 4 rings (SSSR count). The van der Waals surface area contributed by atoms with Crippen molar-refractivity contribution >= 4 is 11.9 Å². The lowest BCUT2D eigenvalue weighted by Gasteiger charge is -2.38. The molecular weight excluding hydrogens is 386 g/mol. The van der Waals surface area contributed by atoms with Gasteiger partial charge in [-0.2, -0.15) is 0 Å². The summed E-state index contributed by atoms with van der Waals surface area (Å²) in [6.07, 6.45) is 5.82. The number of hydrogen-bond donors (Lipinski definition) is 1. The molecule has 1 unspecified atom stereocenters. The summed E-state index contributed by atoms with van der Waals surface area (Å²) in [4.78, 5) is 24.4. The topological polar surface area (TPSA) is 51.2 Å². The van der Waals surface area contributed by atoms with Gasteiger partial charge in [0, 0.05) is 58.3 Å². The van der Waals surface area contributed by atoms with Gasteiger partial charge in [0.05, 0.1) is 6.54 Å². The molecule has 1 N–H and O–H groups in total. The molecule has 0 aromatic heterocycles. The number of aliphatic imine (C=N–C) groups is 1. The molecule has 1 amide bonds. The Morgan fingerprint density at radius 3 is 2.48 bits per heavy atom. The van der Waals surface area contributed by atoms with Crippen LogP contribution in [0.4, 0.5) is 0 Å². The van der Waals surface area contributed by atoms with E-state index >= 15 is 0 Å². The van der Waals surface area contributed by atoms with E-state index in [4.69, 9.17) is 4.99 Å². The van der Waals surface area contributed by atoms with Crippen LogP contribution in [0.15, 0.2) is 35.3 Å². The van der Waals surface area contributed by atoms with E-state index in [9.17, 15) is 4.79 Å². The third-order valence-electron chi connectivity index (χ3n) is 7.10. The van der Waals surface area contributed by atoms with Crippen LogP contribution < -0.4 is 5.32 Å². The maximum Gasteiger partial charge on any atom is 0.225 e. The first-order valence-electron chi connectivity index (χ1n) is 12.3. The number of nitrogens with zero attached hydrogens (tertiary/aromatic N) is 4. The number of guanidine groups is 1. The van der Waals surface area contributed by atoms with Crippen LogP contribution in [0.3, 0.4) is 0 Å². The van der Waals surface area contributed by atoms with Crippen LogP contribution in [-0.2, 0) is 11.2 Å². The highest BCUT2D eigenvalue weighted by atomic mass is 16.2. The Bertz CT molecular complexity index is 725. The monoisotopic (exact) mass is 425 g/mol. The van der Waals surface area contributed by atoms with Gasteiger partial charge >= 0.3 is 0 Å². The minimum atomic E-state index is 0.324. The predicted octanol–water partition coefficient (Wildman–Crippen LogP) is 2.46. The molecule has 31 heavy (non-hydrogen) atoms. The van der Waals surface area contributed by atoms with Gasteiger partial charge in [-0.15, -0.1) is 0 Å². The summed E-state index contributed by atoms with van der Waals surface area (Å²) in [7, 11) is 0. The summed E-state index contributed by atoms with van der Waals surface area (Å²) in [5.74, 6) is 2.49. The molecule has 6 heteroatoms. The quantitative estimate of drug-likeness (QED) is 0.539. The lowest BCUT2D eigenvalue weighted by atomic mass is 9.84. The van der Waals surface area contributed by atoms with Gasteiger partial charge in [0.25, 0.3) is 0 Å². The number of hydrogen-bond acceptors (Lipinski definition) is 3. The van der Waals surface area contributed by atoms with Gasteiger partial charge < -0.3 is 15.1 Å². The lowest BCUT2D eigenvalue weighted by Crippen LogP contribution is -2.51. The number of carbonyl (C=O) groups excluding carboxylic acids is 1. The highest BCUT2D eigenvalue weighted by molar-refractivity contribution is 5.80. The molecule has 1 aliphatic carbocycles. The number of carbonyl (C=O) groups is 1. The maximum absolute atomic E-state index is 12.4. The second kappa shape index (κ2) is 11.0. The maximum atomic E-state index is 12.4. The van der Waals surface area contributed by atoms with Gasteiger partial charge in [0.2, 0.25) is 5.91 Å². The third-order valence-corrected chi connectivity index (χ3v) is 7.10. The van der Waals surface area contributed by atoms with Gasteiger partial charge in [0.1, 0.15) is 0 Å². The summed E-state index contributed by atoms with van der Waals surface area (Å²) in [6.45, 7) is 10.7. The number of benzene rings is 1. The van der Waals surface area contributed by atoms with Gasteiger partial charge in [-0.3, -0.25) is 14.7 Å². The molecule has 2 saturated heterocycles. The molecular formula is C25H39N5O. The summed E-state index contributed by atoms with van der Waals surface area (Å²) in [5.41, 5.74) is 1.44. The lowest BCUT2D eigenvalue weighted by molar-refractivity contribution is -0.139. The number of likely N-dealkylation sites (tertiary alicyclic amines) is 1. The Morgan fingerprint density at radius 2 is 1.81 bits per heavy atom. The van der Waals surface area contributed by atoms with E-state index in [2.05, 4.69) is 57.3 Å². The normalized spacial score (nSPS) is 23.1. The van der Waals surface area contributed by atoms with Crippen molar-refractivity contribution in [3.8, 4) is 0 Å². The van der Waals surface area contributed by atoms with Crippen molar-refractivity contribution in [2.75, 3.05) is 58.9 Å². The summed E-state index contributed by atoms with van der Waals surface area (Å²) in [5, 5.41) is 3.50. The minimum Gasteiger partial charge on any atom is -0.357 e. The van der Waals surface area contributed by atoms with E-state index < -0.39 is 0 Å². The summed E-state index contributed by atoms with van der Waals surface area (Å²) < 4.78 is 0. The van der Waals surface area contributed by atoms with Crippen molar-refractivity contribution in [2.45, 2.75) is 39.0 Å². The Kier molecular flexibility index (Phi) is 7.84. The molecule has 3 aliphatic rings. The molecule has 6 nitrogen and oxygen atoms in total. The van der Waals surface area contributed by atoms with E-state index in [1.54, 1.807) is 0 Å². The fourth-order valence-corrected chi connectivity index (χ4v) is 4.97. The first kappa shape index (κ1) is 22.1. The SMILES string of the molecule is CCNC(=NCCN1CCN(C(=O)C2CCC2)CC1)N1CCC(Cc2ccccc2)C1. The summed E-state index contributed by atoms with van der Waals surface area (Å²) in [6, 6.07) is 10.8. The van der Waals surface area contributed by atoms with Crippen molar-refractivity contribution in [3.05, 3.63) is 35.9 Å². The van der Waals surface area contributed by atoms with E-state index in [-0.39, 0.29) is 0 Å². The van der Waals surface area contributed by atoms with Crippen LogP contribution in [0.2, 0.25) is 0 Å². The molecule has 0 radical (unpaired) electrons. The fourth-order valence-electron chi connectivity index (χ4n) is 4.97. The molecule has 1 aromatic carbocycles. The Balaban J connectivity index is 1.21. The molecule has 0 spiro atoms. The zero-order valence-corrected chi connectivity index (χ0v) is 19.1. The van der Waals surface area contributed by atoms with Gasteiger partial charge in [0.15, 0.2) is 5.96 Å². The average molecular weight is 426 g/mol. The molecule has 1 aromatic rings. The van der Waals surface area contributed by atoms with Crippen LogP contribution in [0.25, 0.3) is 0 Å². The Morgan fingerprint density at radius 1 is 1.03 bits per heavy atom. The first-order chi connectivity index (χ1) is 15.2. The molecule has 2 heterocycles. The third kappa shape index (κ3) is 6.00. The van der Waals surface area contributed by atoms with Crippen molar-refractivity contribution in [1.82, 2.24) is 20.0 Å². The van der Waals surface area contributed by atoms with Crippen LogP contribution in [0.1, 0.15) is 38.2 Å². The molecule has 3 fully saturated rings. The highest BCUT2D eigenvalue weighted by Gasteiger charge is 2.31.